The van der Waals surface area contributed by atoms with Gasteiger partial charge in [0.25, 0.3) is 0 Å². The molecule has 1 N–H and O–H groups in total. The van der Waals surface area contributed by atoms with Crippen LogP contribution >= 0.6 is 0 Å². The number of nitrogens with one attached hydrogen (secondary N) is 1. The summed E-state index contributed by atoms with van der Waals surface area (Å²) in [5, 5.41) is 9.21. The van der Waals surface area contributed by atoms with Crippen molar-refractivity contribution in [3.8, 4) is 6.07 Å². The van der Waals surface area contributed by atoms with E-state index < -0.39 is 5.76 Å². The number of aromatic amines is 1. The van der Waals surface area contributed by atoms with Crippen molar-refractivity contribution in [2.45, 2.75) is 18.8 Å². The Kier molecular flexibility index (Phi) is 1.59. The second kappa shape index (κ2) is 2.76. The highest BCUT2D eigenvalue weighted by molar-refractivity contribution is 5.73. The fourth-order valence-corrected chi connectivity index (χ4v) is 2.27. The lowest BCUT2D eigenvalue weighted by Crippen LogP contribution is -2.05. The number of rotatable bonds is 1. The molecule has 2 atom stereocenters. The second-order valence-electron chi connectivity index (χ2n) is 4.41. The van der Waals surface area contributed by atoms with Crippen molar-refractivity contribution in [3.05, 3.63) is 34.3 Å². The minimum Gasteiger partial charge on any atom is -0.408 e. The van der Waals surface area contributed by atoms with Crippen LogP contribution in [-0.2, 0) is 5.41 Å². The molecule has 16 heavy (non-hydrogen) atoms. The van der Waals surface area contributed by atoms with Crippen LogP contribution in [0, 0.1) is 17.2 Å². The summed E-state index contributed by atoms with van der Waals surface area (Å²) in [7, 11) is 0. The van der Waals surface area contributed by atoms with E-state index in [1.54, 1.807) is 12.1 Å². The van der Waals surface area contributed by atoms with Crippen LogP contribution < -0.4 is 5.76 Å². The van der Waals surface area contributed by atoms with Crippen molar-refractivity contribution in [2.75, 3.05) is 0 Å². The lowest BCUT2D eigenvalue weighted by Gasteiger charge is -2.06. The van der Waals surface area contributed by atoms with Gasteiger partial charge in [0.15, 0.2) is 5.58 Å². The molecule has 0 radical (unpaired) electrons. The van der Waals surface area contributed by atoms with E-state index in [1.165, 1.54) is 0 Å². The molecule has 4 heteroatoms. The Bertz CT molecular complexity index is 661. The summed E-state index contributed by atoms with van der Waals surface area (Å²) in [6.07, 6.45) is 0.879. The Morgan fingerprint density at radius 1 is 1.62 bits per heavy atom. The summed E-state index contributed by atoms with van der Waals surface area (Å²) in [5.74, 6) is -0.0809. The summed E-state index contributed by atoms with van der Waals surface area (Å²) >= 11 is 0. The van der Waals surface area contributed by atoms with E-state index in [-0.39, 0.29) is 5.41 Å². The topological polar surface area (TPSA) is 69.8 Å². The molecule has 1 aromatic carbocycles. The van der Waals surface area contributed by atoms with E-state index in [2.05, 4.69) is 18.0 Å². The van der Waals surface area contributed by atoms with Gasteiger partial charge in [-0.2, -0.15) is 5.26 Å². The van der Waals surface area contributed by atoms with Gasteiger partial charge >= 0.3 is 5.76 Å². The van der Waals surface area contributed by atoms with Gasteiger partial charge in [0, 0.05) is 0 Å². The molecule has 0 aliphatic heterocycles. The zero-order valence-electron chi connectivity index (χ0n) is 8.78. The van der Waals surface area contributed by atoms with Crippen LogP contribution in [0.4, 0.5) is 0 Å². The van der Waals surface area contributed by atoms with E-state index >= 15 is 0 Å². The van der Waals surface area contributed by atoms with Crippen molar-refractivity contribution in [2.24, 2.45) is 5.92 Å². The minimum atomic E-state index is -0.456. The molecule has 1 aliphatic carbocycles. The lowest BCUT2D eigenvalue weighted by atomic mass is 9.95. The summed E-state index contributed by atoms with van der Waals surface area (Å²) < 4.78 is 4.99. The Balaban J connectivity index is 2.20. The first-order valence-corrected chi connectivity index (χ1v) is 5.20. The zero-order chi connectivity index (χ0) is 11.3. The second-order valence-corrected chi connectivity index (χ2v) is 4.41. The first kappa shape index (κ1) is 9.22. The summed E-state index contributed by atoms with van der Waals surface area (Å²) in [6, 6.07) is 7.83. The number of aromatic nitrogens is 1. The van der Waals surface area contributed by atoms with Gasteiger partial charge in [-0.05, 0) is 30.0 Å². The molecular weight excluding hydrogens is 204 g/mol. The average molecular weight is 214 g/mol. The van der Waals surface area contributed by atoms with Crippen molar-refractivity contribution < 1.29 is 4.42 Å². The number of fused-ring (bicyclic) bond motifs is 1. The third kappa shape index (κ3) is 1.06. The standard InChI is InChI=1S/C12H10N2O2/c1-7-5-12(7,6-13)8-2-3-9-10(4-8)16-11(15)14-9/h2-4,7H,5H2,1H3,(H,14,15). The molecule has 2 unspecified atom stereocenters. The lowest BCUT2D eigenvalue weighted by molar-refractivity contribution is 0.554. The van der Waals surface area contributed by atoms with E-state index in [4.69, 9.17) is 4.42 Å². The molecule has 80 valence electrons. The third-order valence-corrected chi connectivity index (χ3v) is 3.44. The first-order chi connectivity index (χ1) is 7.65. The van der Waals surface area contributed by atoms with E-state index in [1.807, 2.05) is 6.07 Å². The molecule has 0 bridgehead atoms. The molecular formula is C12H10N2O2. The maximum Gasteiger partial charge on any atom is 0.417 e. The van der Waals surface area contributed by atoms with Crippen LogP contribution in [0.5, 0.6) is 0 Å². The smallest absolute Gasteiger partial charge is 0.408 e. The predicted octanol–water partition coefficient (Wildman–Crippen LogP) is 1.92. The van der Waals surface area contributed by atoms with Gasteiger partial charge < -0.3 is 4.42 Å². The fourth-order valence-electron chi connectivity index (χ4n) is 2.27. The third-order valence-electron chi connectivity index (χ3n) is 3.44. The van der Waals surface area contributed by atoms with Crippen LogP contribution in [0.1, 0.15) is 18.9 Å². The highest BCUT2D eigenvalue weighted by Crippen LogP contribution is 2.53. The van der Waals surface area contributed by atoms with Crippen molar-refractivity contribution >= 4 is 11.1 Å². The average Bonchev–Trinajstić information content (AvgIpc) is 2.79. The normalized spacial score (nSPS) is 27.9. The number of hydrogen-bond acceptors (Lipinski definition) is 3. The van der Waals surface area contributed by atoms with Gasteiger partial charge in [0.2, 0.25) is 0 Å². The molecule has 0 saturated heterocycles. The fraction of sp³-hybridized carbons (Fsp3) is 0.333. The van der Waals surface area contributed by atoms with Gasteiger partial charge in [-0.1, -0.05) is 13.0 Å². The van der Waals surface area contributed by atoms with Gasteiger partial charge in [0.1, 0.15) is 0 Å². The molecule has 1 aliphatic rings. The number of H-pyrrole nitrogens is 1. The quantitative estimate of drug-likeness (QED) is 0.788. The van der Waals surface area contributed by atoms with E-state index in [9.17, 15) is 10.1 Å². The Labute approximate surface area is 91.5 Å². The number of benzene rings is 1. The van der Waals surface area contributed by atoms with Crippen molar-refractivity contribution in [1.29, 1.82) is 5.26 Å². The number of nitrogens with zero attached hydrogens (tertiary/aromatic N) is 1. The Hall–Kier alpha value is -2.02. The van der Waals surface area contributed by atoms with Gasteiger partial charge in [-0.3, -0.25) is 4.98 Å². The number of hydrogen-bond donors (Lipinski definition) is 1. The first-order valence-electron chi connectivity index (χ1n) is 5.20. The molecule has 2 aromatic rings. The molecule has 0 amide bonds. The monoisotopic (exact) mass is 214 g/mol. The minimum absolute atomic E-state index is 0.371. The maximum absolute atomic E-state index is 11.0. The molecule has 1 fully saturated rings. The van der Waals surface area contributed by atoms with Crippen LogP contribution in [0.2, 0.25) is 0 Å². The van der Waals surface area contributed by atoms with E-state index in [0.29, 0.717) is 17.0 Å². The van der Waals surface area contributed by atoms with Crippen LogP contribution in [0.15, 0.2) is 27.4 Å². The van der Waals surface area contributed by atoms with Gasteiger partial charge in [-0.25, -0.2) is 4.79 Å². The molecule has 4 nitrogen and oxygen atoms in total. The highest BCUT2D eigenvalue weighted by atomic mass is 16.4. The molecule has 1 aromatic heterocycles. The van der Waals surface area contributed by atoms with E-state index in [0.717, 1.165) is 12.0 Å². The molecule has 3 rings (SSSR count). The van der Waals surface area contributed by atoms with Crippen LogP contribution in [0.3, 0.4) is 0 Å². The van der Waals surface area contributed by atoms with Gasteiger partial charge in [0.05, 0.1) is 17.0 Å². The number of nitriles is 1. The predicted molar refractivity (Wildman–Crippen MR) is 57.9 cm³/mol. The summed E-state index contributed by atoms with van der Waals surface area (Å²) in [5.41, 5.74) is 1.77. The maximum atomic E-state index is 11.0. The summed E-state index contributed by atoms with van der Waals surface area (Å²) in [6.45, 7) is 2.06. The van der Waals surface area contributed by atoms with Crippen LogP contribution in [0.25, 0.3) is 11.1 Å². The Morgan fingerprint density at radius 2 is 2.38 bits per heavy atom. The molecule has 0 spiro atoms. The van der Waals surface area contributed by atoms with Gasteiger partial charge in [-0.15, -0.1) is 0 Å². The largest absolute Gasteiger partial charge is 0.417 e. The zero-order valence-corrected chi connectivity index (χ0v) is 8.78. The molecule has 1 heterocycles. The highest BCUT2D eigenvalue weighted by Gasteiger charge is 2.53. The van der Waals surface area contributed by atoms with Crippen LogP contribution in [-0.4, -0.2) is 4.98 Å². The van der Waals surface area contributed by atoms with Crippen molar-refractivity contribution in [1.82, 2.24) is 4.98 Å². The SMILES string of the molecule is CC1CC1(C#N)c1ccc2[nH]c(=O)oc2c1. The Morgan fingerprint density at radius 3 is 3.00 bits per heavy atom. The van der Waals surface area contributed by atoms with Crippen molar-refractivity contribution in [3.63, 3.8) is 0 Å². The number of oxazole rings is 1. The molecule has 1 saturated carbocycles. The summed E-state index contributed by atoms with van der Waals surface area (Å²) in [4.78, 5) is 13.6.